The van der Waals surface area contributed by atoms with Gasteiger partial charge in [-0.15, -0.1) is 0 Å². The molecule has 1 rings (SSSR count). The predicted molar refractivity (Wildman–Crippen MR) is 76.6 cm³/mol. The largest absolute Gasteiger partial charge is 0.458 e. The Morgan fingerprint density at radius 2 is 2.25 bits per heavy atom. The van der Waals surface area contributed by atoms with Gasteiger partial charge in [0, 0.05) is 6.08 Å². The normalized spacial score (nSPS) is 22.1. The lowest BCUT2D eigenvalue weighted by molar-refractivity contribution is -0.419. The standard InChI is InChI=1S/C15H21NO4/c1-2-13(16(18)19)9-8-12-15(17)20-14-10-6-4-3-5-7-11-14/h2,6,8-10,14H,3-5,7,11-12H2,1H3/b9-8-,10-6+,13-2+. The van der Waals surface area contributed by atoms with E-state index in [2.05, 4.69) is 6.08 Å². The smallest absolute Gasteiger partial charge is 0.310 e. The van der Waals surface area contributed by atoms with E-state index in [1.165, 1.54) is 24.6 Å². The Kier molecular flexibility index (Phi) is 7.32. The van der Waals surface area contributed by atoms with Gasteiger partial charge in [0.2, 0.25) is 0 Å². The molecule has 1 atom stereocenters. The van der Waals surface area contributed by atoms with Crippen molar-refractivity contribution in [2.45, 2.75) is 51.6 Å². The quantitative estimate of drug-likeness (QED) is 0.254. The first-order valence-corrected chi connectivity index (χ1v) is 6.97. The predicted octanol–water partition coefficient (Wildman–Crippen LogP) is 3.55. The Bertz CT molecular complexity index is 424. The van der Waals surface area contributed by atoms with E-state index in [0.29, 0.717) is 0 Å². The number of esters is 1. The fourth-order valence-corrected chi connectivity index (χ4v) is 1.98. The van der Waals surface area contributed by atoms with Gasteiger partial charge in [-0.2, -0.15) is 0 Å². The van der Waals surface area contributed by atoms with E-state index in [1.807, 2.05) is 6.08 Å². The average molecular weight is 279 g/mol. The van der Waals surface area contributed by atoms with Gasteiger partial charge in [0.1, 0.15) is 6.10 Å². The van der Waals surface area contributed by atoms with E-state index in [-0.39, 0.29) is 24.2 Å². The maximum absolute atomic E-state index is 11.7. The zero-order chi connectivity index (χ0) is 14.8. The first kappa shape index (κ1) is 16.1. The molecular weight excluding hydrogens is 258 g/mol. The summed E-state index contributed by atoms with van der Waals surface area (Å²) in [7, 11) is 0. The lowest BCUT2D eigenvalue weighted by Crippen LogP contribution is -2.16. The lowest BCUT2D eigenvalue weighted by atomic mass is 10.0. The molecule has 5 nitrogen and oxygen atoms in total. The Hall–Kier alpha value is -1.91. The highest BCUT2D eigenvalue weighted by Gasteiger charge is 2.12. The highest BCUT2D eigenvalue weighted by atomic mass is 16.6. The van der Waals surface area contributed by atoms with Gasteiger partial charge in [-0.1, -0.05) is 18.6 Å². The monoisotopic (exact) mass is 279 g/mol. The van der Waals surface area contributed by atoms with Gasteiger partial charge in [-0.25, -0.2) is 0 Å². The van der Waals surface area contributed by atoms with Crippen LogP contribution in [0.2, 0.25) is 0 Å². The molecular formula is C15H21NO4. The maximum atomic E-state index is 11.7. The highest BCUT2D eigenvalue weighted by Crippen LogP contribution is 2.14. The van der Waals surface area contributed by atoms with Crippen LogP contribution in [0.1, 0.15) is 45.4 Å². The summed E-state index contributed by atoms with van der Waals surface area (Å²) in [6.07, 6.45) is 13.3. The van der Waals surface area contributed by atoms with E-state index in [0.717, 1.165) is 25.7 Å². The molecule has 0 N–H and O–H groups in total. The summed E-state index contributed by atoms with van der Waals surface area (Å²) in [5.74, 6) is -0.352. The van der Waals surface area contributed by atoms with Gasteiger partial charge in [-0.3, -0.25) is 14.9 Å². The topological polar surface area (TPSA) is 69.4 Å². The molecule has 1 aliphatic carbocycles. The van der Waals surface area contributed by atoms with Crippen LogP contribution in [0.5, 0.6) is 0 Å². The van der Waals surface area contributed by atoms with Crippen LogP contribution in [0, 0.1) is 10.1 Å². The SMILES string of the molecule is C/C=C(\C=C/CC(=O)OC1/C=C/CCCCC1)[N+](=O)[O-]. The number of rotatable bonds is 5. The minimum absolute atomic E-state index is 0.0244. The van der Waals surface area contributed by atoms with E-state index in [9.17, 15) is 14.9 Å². The van der Waals surface area contributed by atoms with Gasteiger partial charge in [-0.05, 0) is 44.8 Å². The van der Waals surface area contributed by atoms with Crippen LogP contribution in [-0.4, -0.2) is 17.0 Å². The summed E-state index contributed by atoms with van der Waals surface area (Å²) in [6.45, 7) is 1.58. The molecule has 0 heterocycles. The van der Waals surface area contributed by atoms with Crippen molar-refractivity contribution in [2.75, 3.05) is 0 Å². The second-order valence-corrected chi connectivity index (χ2v) is 4.67. The van der Waals surface area contributed by atoms with Crippen LogP contribution >= 0.6 is 0 Å². The van der Waals surface area contributed by atoms with Gasteiger partial charge < -0.3 is 4.74 Å². The Balaban J connectivity index is 2.41. The molecule has 1 aliphatic rings. The summed E-state index contributed by atoms with van der Waals surface area (Å²) in [6, 6.07) is 0. The van der Waals surface area contributed by atoms with Crippen molar-refractivity contribution in [1.82, 2.24) is 0 Å². The number of carbonyl (C=O) groups excluding carboxylic acids is 1. The van der Waals surface area contributed by atoms with E-state index >= 15 is 0 Å². The third kappa shape index (κ3) is 6.31. The summed E-state index contributed by atoms with van der Waals surface area (Å²) < 4.78 is 5.34. The van der Waals surface area contributed by atoms with E-state index in [1.54, 1.807) is 6.92 Å². The van der Waals surface area contributed by atoms with Crippen molar-refractivity contribution in [3.63, 3.8) is 0 Å². The Labute approximate surface area is 119 Å². The molecule has 0 saturated heterocycles. The number of allylic oxidation sites excluding steroid dienone is 3. The molecule has 5 heteroatoms. The number of nitro groups is 1. The zero-order valence-electron chi connectivity index (χ0n) is 11.8. The number of hydrogen-bond acceptors (Lipinski definition) is 4. The van der Waals surface area contributed by atoms with Crippen molar-refractivity contribution < 1.29 is 14.5 Å². The maximum Gasteiger partial charge on any atom is 0.310 e. The molecule has 0 spiro atoms. The van der Waals surface area contributed by atoms with Gasteiger partial charge in [0.05, 0.1) is 11.3 Å². The molecule has 0 aliphatic heterocycles. The first-order valence-electron chi connectivity index (χ1n) is 6.97. The molecule has 0 aromatic rings. The molecule has 0 saturated carbocycles. The van der Waals surface area contributed by atoms with Crippen LogP contribution in [0.3, 0.4) is 0 Å². The van der Waals surface area contributed by atoms with E-state index < -0.39 is 4.92 Å². The number of hydrogen-bond donors (Lipinski definition) is 0. The summed E-state index contributed by atoms with van der Waals surface area (Å²) in [5.41, 5.74) is -0.0244. The van der Waals surface area contributed by atoms with Crippen molar-refractivity contribution in [3.05, 3.63) is 46.2 Å². The van der Waals surface area contributed by atoms with E-state index in [4.69, 9.17) is 4.74 Å². The fourth-order valence-electron chi connectivity index (χ4n) is 1.98. The van der Waals surface area contributed by atoms with Gasteiger partial charge in [0.15, 0.2) is 0 Å². The summed E-state index contributed by atoms with van der Waals surface area (Å²) in [4.78, 5) is 21.7. The molecule has 0 fully saturated rings. The van der Waals surface area contributed by atoms with Crippen LogP contribution in [0.25, 0.3) is 0 Å². The second-order valence-electron chi connectivity index (χ2n) is 4.67. The first-order chi connectivity index (χ1) is 9.63. The van der Waals surface area contributed by atoms with Gasteiger partial charge >= 0.3 is 5.97 Å². The second kappa shape index (κ2) is 9.07. The molecule has 0 aromatic carbocycles. The number of nitrogens with zero attached hydrogens (tertiary/aromatic N) is 1. The van der Waals surface area contributed by atoms with Crippen molar-refractivity contribution in [1.29, 1.82) is 0 Å². The molecule has 1 unspecified atom stereocenters. The third-order valence-corrected chi connectivity index (χ3v) is 3.07. The molecule has 0 bridgehead atoms. The third-order valence-electron chi connectivity index (χ3n) is 3.07. The van der Waals surface area contributed by atoms with Crippen LogP contribution < -0.4 is 0 Å². The fraction of sp³-hybridized carbons (Fsp3) is 0.533. The van der Waals surface area contributed by atoms with Crippen molar-refractivity contribution in [3.8, 4) is 0 Å². The molecule has 20 heavy (non-hydrogen) atoms. The molecule has 0 radical (unpaired) electrons. The molecule has 110 valence electrons. The molecule has 0 amide bonds. The lowest BCUT2D eigenvalue weighted by Gasteiger charge is -2.15. The molecule has 0 aromatic heterocycles. The minimum Gasteiger partial charge on any atom is -0.458 e. The van der Waals surface area contributed by atoms with Crippen LogP contribution in [-0.2, 0) is 9.53 Å². The Morgan fingerprint density at radius 1 is 1.45 bits per heavy atom. The zero-order valence-corrected chi connectivity index (χ0v) is 11.8. The van der Waals surface area contributed by atoms with Crippen molar-refractivity contribution in [2.24, 2.45) is 0 Å². The van der Waals surface area contributed by atoms with Gasteiger partial charge in [0.25, 0.3) is 5.70 Å². The van der Waals surface area contributed by atoms with Crippen LogP contribution in [0.4, 0.5) is 0 Å². The number of ether oxygens (including phenoxy) is 1. The minimum atomic E-state index is -0.487. The number of carbonyl (C=O) groups is 1. The Morgan fingerprint density at radius 3 is 2.95 bits per heavy atom. The summed E-state index contributed by atoms with van der Waals surface area (Å²) >= 11 is 0. The average Bonchev–Trinajstić information content (AvgIpc) is 2.37. The highest BCUT2D eigenvalue weighted by molar-refractivity contribution is 5.71. The summed E-state index contributed by atoms with van der Waals surface area (Å²) in [5, 5.41) is 10.6. The van der Waals surface area contributed by atoms with Crippen LogP contribution in [0.15, 0.2) is 36.1 Å². The van der Waals surface area contributed by atoms with Crippen molar-refractivity contribution >= 4 is 5.97 Å².